The molecule has 0 bridgehead atoms. The van der Waals surface area contributed by atoms with Crippen molar-refractivity contribution >= 4 is 54.6 Å². The van der Waals surface area contributed by atoms with Crippen LogP contribution in [0, 0.1) is 6.92 Å². The summed E-state index contributed by atoms with van der Waals surface area (Å²) in [6, 6.07) is 4.25. The van der Waals surface area contributed by atoms with E-state index in [0.29, 0.717) is 0 Å². The molecule has 0 saturated heterocycles. The van der Waals surface area contributed by atoms with Crippen molar-refractivity contribution in [1.29, 1.82) is 0 Å². The first-order valence-corrected chi connectivity index (χ1v) is 6.99. The predicted octanol–water partition coefficient (Wildman–Crippen LogP) is 4.39. The summed E-state index contributed by atoms with van der Waals surface area (Å²) >= 11 is 9.00. The molecule has 0 aliphatic heterocycles. The maximum atomic E-state index is 5.63. The monoisotopic (exact) mass is 269 g/mol. The number of thiophene rings is 1. The van der Waals surface area contributed by atoms with Gasteiger partial charge in [-0.1, -0.05) is 11.6 Å². The number of aromatic nitrogens is 1. The Kier molecular flexibility index (Phi) is 2.50. The number of benzene rings is 1. The fourth-order valence-electron chi connectivity index (χ4n) is 1.77. The maximum Gasteiger partial charge on any atom is 0.162 e. The van der Waals surface area contributed by atoms with Crippen LogP contribution < -0.4 is 4.74 Å². The molecule has 16 heavy (non-hydrogen) atoms. The Labute approximate surface area is 105 Å². The molecule has 0 saturated carbocycles. The summed E-state index contributed by atoms with van der Waals surface area (Å²) in [7, 11) is 0. The second kappa shape index (κ2) is 3.87. The van der Waals surface area contributed by atoms with Gasteiger partial charge in [0.1, 0.15) is 5.75 Å². The number of hydrogen-bond donors (Lipinski definition) is 0. The molecule has 3 aromatic rings. The molecule has 5 heteroatoms. The minimum absolute atomic E-state index is 0.175. The third-order valence-corrected chi connectivity index (χ3v) is 4.33. The van der Waals surface area contributed by atoms with Crippen molar-refractivity contribution in [3.8, 4) is 5.75 Å². The predicted molar refractivity (Wildman–Crippen MR) is 71.1 cm³/mol. The molecule has 2 heterocycles. The van der Waals surface area contributed by atoms with Gasteiger partial charge in [0, 0.05) is 11.5 Å². The van der Waals surface area contributed by atoms with E-state index in [9.17, 15) is 0 Å². The van der Waals surface area contributed by atoms with E-state index in [1.54, 1.807) is 22.7 Å². The summed E-state index contributed by atoms with van der Waals surface area (Å²) in [6.07, 6.45) is 0. The topological polar surface area (TPSA) is 22.1 Å². The average molecular weight is 270 g/mol. The van der Waals surface area contributed by atoms with Crippen LogP contribution >= 0.6 is 34.3 Å². The van der Waals surface area contributed by atoms with Gasteiger partial charge in [0.15, 0.2) is 6.07 Å². The Balaban J connectivity index is 2.42. The summed E-state index contributed by atoms with van der Waals surface area (Å²) in [4.78, 5) is 4.56. The number of alkyl halides is 1. The molecule has 0 aliphatic carbocycles. The summed E-state index contributed by atoms with van der Waals surface area (Å²) in [5.74, 6) is 0.849. The number of ether oxygens (including phenoxy) is 1. The van der Waals surface area contributed by atoms with Crippen LogP contribution in [-0.4, -0.2) is 11.1 Å². The van der Waals surface area contributed by atoms with Crippen LogP contribution in [0.3, 0.4) is 0 Å². The Morgan fingerprint density at radius 1 is 1.50 bits per heavy atom. The Bertz CT molecular complexity index is 658. The van der Waals surface area contributed by atoms with Gasteiger partial charge in [-0.15, -0.1) is 22.7 Å². The molecule has 2 nitrogen and oxygen atoms in total. The first-order valence-electron chi connectivity index (χ1n) is 4.75. The average Bonchev–Trinajstić information content (AvgIpc) is 2.82. The molecule has 1 aromatic carbocycles. The van der Waals surface area contributed by atoms with Crippen LogP contribution in [0.15, 0.2) is 17.5 Å². The number of aryl methyl sites for hydroxylation is 1. The highest BCUT2D eigenvalue weighted by molar-refractivity contribution is 7.21. The molecule has 0 spiro atoms. The molecule has 0 aliphatic rings. The van der Waals surface area contributed by atoms with Gasteiger partial charge in [-0.05, 0) is 18.4 Å². The van der Waals surface area contributed by atoms with Gasteiger partial charge in [-0.3, -0.25) is 0 Å². The molecule has 0 amide bonds. The van der Waals surface area contributed by atoms with Gasteiger partial charge in [0.2, 0.25) is 0 Å². The second-order valence-corrected chi connectivity index (χ2v) is 5.74. The highest BCUT2D eigenvalue weighted by atomic mass is 35.5. The lowest BCUT2D eigenvalue weighted by molar-refractivity contribution is 0.393. The van der Waals surface area contributed by atoms with Crippen LogP contribution in [0.2, 0.25) is 0 Å². The van der Waals surface area contributed by atoms with E-state index in [1.807, 2.05) is 13.0 Å². The van der Waals surface area contributed by atoms with E-state index >= 15 is 0 Å². The minimum atomic E-state index is 0.175. The van der Waals surface area contributed by atoms with Crippen molar-refractivity contribution < 1.29 is 4.74 Å². The van der Waals surface area contributed by atoms with Crippen molar-refractivity contribution in [2.24, 2.45) is 0 Å². The normalized spacial score (nSPS) is 11.4. The fourth-order valence-corrected chi connectivity index (χ4v) is 3.72. The lowest BCUT2D eigenvalue weighted by Crippen LogP contribution is -1.88. The highest BCUT2D eigenvalue weighted by Gasteiger charge is 2.11. The largest absolute Gasteiger partial charge is 0.477 e. The summed E-state index contributed by atoms with van der Waals surface area (Å²) < 4.78 is 7.79. The zero-order valence-corrected chi connectivity index (χ0v) is 10.9. The van der Waals surface area contributed by atoms with Crippen LogP contribution in [0.4, 0.5) is 0 Å². The summed E-state index contributed by atoms with van der Waals surface area (Å²) in [5.41, 5.74) is 1.08. The van der Waals surface area contributed by atoms with Crippen LogP contribution in [0.1, 0.15) is 5.01 Å². The molecule has 3 rings (SSSR count). The SMILES string of the molecule is Cc1nc2c(cc(OCCl)c3ccsc32)s1. The third-order valence-electron chi connectivity index (χ3n) is 2.38. The van der Waals surface area contributed by atoms with Crippen LogP contribution in [0.25, 0.3) is 20.3 Å². The summed E-state index contributed by atoms with van der Waals surface area (Å²) in [5, 5.41) is 4.23. The van der Waals surface area contributed by atoms with Gasteiger partial charge < -0.3 is 4.74 Å². The fraction of sp³-hybridized carbons (Fsp3) is 0.182. The molecular formula is C11H8ClNOS2. The molecular weight excluding hydrogens is 262 g/mol. The number of fused-ring (bicyclic) bond motifs is 3. The van der Waals surface area contributed by atoms with Crippen LogP contribution in [-0.2, 0) is 0 Å². The number of hydrogen-bond acceptors (Lipinski definition) is 4. The number of halogens is 1. The van der Waals surface area contributed by atoms with Gasteiger partial charge in [-0.25, -0.2) is 4.98 Å². The standard InChI is InChI=1S/C11H8ClNOS2/c1-6-13-10-9(16-6)4-8(14-5-12)7-2-3-15-11(7)10/h2-4H,5H2,1H3. The molecule has 0 fully saturated rings. The maximum absolute atomic E-state index is 5.63. The van der Waals surface area contributed by atoms with Crippen LogP contribution in [0.5, 0.6) is 5.75 Å². The number of nitrogens with zero attached hydrogens (tertiary/aromatic N) is 1. The molecule has 82 valence electrons. The van der Waals surface area contributed by atoms with Crippen molar-refractivity contribution in [1.82, 2.24) is 4.98 Å². The lowest BCUT2D eigenvalue weighted by Gasteiger charge is -2.03. The van der Waals surface area contributed by atoms with Crippen molar-refractivity contribution in [2.75, 3.05) is 6.07 Å². The highest BCUT2D eigenvalue weighted by Crippen LogP contribution is 2.38. The molecule has 0 unspecified atom stereocenters. The van der Waals surface area contributed by atoms with Crippen molar-refractivity contribution in [3.63, 3.8) is 0 Å². The first-order chi connectivity index (χ1) is 7.79. The van der Waals surface area contributed by atoms with Gasteiger partial charge in [0.25, 0.3) is 0 Å². The van der Waals surface area contributed by atoms with E-state index in [-0.39, 0.29) is 6.07 Å². The zero-order valence-electron chi connectivity index (χ0n) is 8.49. The van der Waals surface area contributed by atoms with E-state index in [0.717, 1.165) is 26.4 Å². The zero-order chi connectivity index (χ0) is 11.1. The minimum Gasteiger partial charge on any atom is -0.477 e. The van der Waals surface area contributed by atoms with E-state index < -0.39 is 0 Å². The van der Waals surface area contributed by atoms with E-state index in [2.05, 4.69) is 16.4 Å². The van der Waals surface area contributed by atoms with Gasteiger partial charge >= 0.3 is 0 Å². The van der Waals surface area contributed by atoms with Crippen molar-refractivity contribution in [2.45, 2.75) is 6.92 Å². The first kappa shape index (κ1) is 10.3. The Hall–Kier alpha value is -0.840. The number of thiazole rings is 1. The summed E-state index contributed by atoms with van der Waals surface area (Å²) in [6.45, 7) is 2.02. The Morgan fingerprint density at radius 3 is 3.19 bits per heavy atom. The van der Waals surface area contributed by atoms with E-state index in [4.69, 9.17) is 16.3 Å². The molecule has 2 aromatic heterocycles. The smallest absolute Gasteiger partial charge is 0.162 e. The lowest BCUT2D eigenvalue weighted by atomic mass is 10.2. The van der Waals surface area contributed by atoms with Crippen molar-refractivity contribution in [3.05, 3.63) is 22.5 Å². The Morgan fingerprint density at radius 2 is 2.38 bits per heavy atom. The molecule has 0 radical (unpaired) electrons. The number of rotatable bonds is 2. The second-order valence-electron chi connectivity index (χ2n) is 3.37. The van der Waals surface area contributed by atoms with E-state index in [1.165, 1.54) is 4.70 Å². The van der Waals surface area contributed by atoms with Gasteiger partial charge in [0.05, 0.1) is 19.9 Å². The van der Waals surface area contributed by atoms with Gasteiger partial charge in [-0.2, -0.15) is 0 Å². The quantitative estimate of drug-likeness (QED) is 0.644. The molecule has 0 N–H and O–H groups in total. The third kappa shape index (κ3) is 1.49. The molecule has 0 atom stereocenters.